The summed E-state index contributed by atoms with van der Waals surface area (Å²) in [4.78, 5) is 0. The van der Waals surface area contributed by atoms with Gasteiger partial charge in [0.15, 0.2) is 0 Å². The third-order valence-electron chi connectivity index (χ3n) is 3.50. The maximum atomic E-state index is 6.02. The summed E-state index contributed by atoms with van der Waals surface area (Å²) in [7, 11) is 1.67. The van der Waals surface area contributed by atoms with Gasteiger partial charge in [0.25, 0.3) is 0 Å². The monoisotopic (exact) mass is 290 g/mol. The van der Waals surface area contributed by atoms with Gasteiger partial charge < -0.3 is 9.47 Å². The third kappa shape index (κ3) is 3.29. The molecule has 110 valence electrons. The Morgan fingerprint density at radius 2 is 1.55 bits per heavy atom. The molecule has 3 aromatic rings. The summed E-state index contributed by atoms with van der Waals surface area (Å²) in [5.41, 5.74) is 3.34. The van der Waals surface area contributed by atoms with Crippen LogP contribution in [0.2, 0.25) is 0 Å². The van der Waals surface area contributed by atoms with Crippen molar-refractivity contribution in [2.24, 2.45) is 0 Å². The number of ether oxygens (including phenoxy) is 2. The zero-order valence-electron chi connectivity index (χ0n) is 12.5. The first-order chi connectivity index (χ1) is 10.9. The van der Waals surface area contributed by atoms with Crippen LogP contribution in [-0.4, -0.2) is 7.11 Å². The molecule has 0 heterocycles. The van der Waals surface area contributed by atoms with Crippen molar-refractivity contribution in [1.29, 1.82) is 0 Å². The molecule has 0 aliphatic carbocycles. The molecule has 3 aromatic carbocycles. The molecular formula is C20H18O2. The molecule has 0 aliphatic rings. The fourth-order valence-electron chi connectivity index (χ4n) is 2.37. The molecule has 0 atom stereocenters. The molecule has 22 heavy (non-hydrogen) atoms. The molecule has 2 nitrogen and oxygen atoms in total. The lowest BCUT2D eigenvalue weighted by Crippen LogP contribution is -1.97. The SMILES string of the molecule is COc1cccc(COc2ccccc2-c2ccccc2)c1. The summed E-state index contributed by atoms with van der Waals surface area (Å²) in [6.45, 7) is 0.515. The Kier molecular flexibility index (Phi) is 4.40. The molecule has 0 aliphatic heterocycles. The molecule has 0 bridgehead atoms. The first-order valence-electron chi connectivity index (χ1n) is 7.27. The lowest BCUT2D eigenvalue weighted by atomic mass is 10.0. The number of benzene rings is 3. The Balaban J connectivity index is 1.81. The van der Waals surface area contributed by atoms with Crippen molar-refractivity contribution in [3.05, 3.63) is 84.4 Å². The predicted molar refractivity (Wildman–Crippen MR) is 89.2 cm³/mol. The van der Waals surface area contributed by atoms with Crippen LogP contribution in [0.25, 0.3) is 11.1 Å². The minimum absolute atomic E-state index is 0.515. The fraction of sp³-hybridized carbons (Fsp3) is 0.100. The van der Waals surface area contributed by atoms with Crippen molar-refractivity contribution in [3.8, 4) is 22.6 Å². The first kappa shape index (κ1) is 14.2. The number of methoxy groups -OCH3 is 1. The summed E-state index contributed by atoms with van der Waals surface area (Å²) in [6, 6.07) is 26.3. The number of hydrogen-bond donors (Lipinski definition) is 0. The lowest BCUT2D eigenvalue weighted by Gasteiger charge is -2.12. The smallest absolute Gasteiger partial charge is 0.127 e. The van der Waals surface area contributed by atoms with Crippen molar-refractivity contribution < 1.29 is 9.47 Å². The normalized spacial score (nSPS) is 10.2. The Bertz CT molecular complexity index is 735. The van der Waals surface area contributed by atoms with Gasteiger partial charge in [0.05, 0.1) is 7.11 Å². The molecule has 3 rings (SSSR count). The second-order valence-electron chi connectivity index (χ2n) is 5.00. The van der Waals surface area contributed by atoms with Crippen molar-refractivity contribution in [1.82, 2.24) is 0 Å². The molecule has 2 heteroatoms. The maximum Gasteiger partial charge on any atom is 0.127 e. The van der Waals surface area contributed by atoms with Crippen molar-refractivity contribution in [2.75, 3.05) is 7.11 Å². The first-order valence-corrected chi connectivity index (χ1v) is 7.27. The lowest BCUT2D eigenvalue weighted by molar-refractivity contribution is 0.306. The zero-order valence-corrected chi connectivity index (χ0v) is 12.5. The van der Waals surface area contributed by atoms with Crippen molar-refractivity contribution in [3.63, 3.8) is 0 Å². The minimum atomic E-state index is 0.515. The van der Waals surface area contributed by atoms with Gasteiger partial charge in [-0.15, -0.1) is 0 Å². The third-order valence-corrected chi connectivity index (χ3v) is 3.50. The average Bonchev–Trinajstić information content (AvgIpc) is 2.61. The average molecular weight is 290 g/mol. The summed E-state index contributed by atoms with van der Waals surface area (Å²) in [5.74, 6) is 1.73. The van der Waals surface area contributed by atoms with Gasteiger partial charge in [-0.3, -0.25) is 0 Å². The maximum absolute atomic E-state index is 6.02. The van der Waals surface area contributed by atoms with Crippen LogP contribution in [0.15, 0.2) is 78.9 Å². The van der Waals surface area contributed by atoms with Crippen LogP contribution >= 0.6 is 0 Å². The van der Waals surface area contributed by atoms with Gasteiger partial charge >= 0.3 is 0 Å². The van der Waals surface area contributed by atoms with Crippen LogP contribution in [0.3, 0.4) is 0 Å². The van der Waals surface area contributed by atoms with Crippen LogP contribution in [0.5, 0.6) is 11.5 Å². The molecule has 0 saturated carbocycles. The summed E-state index contributed by atoms with van der Waals surface area (Å²) in [5, 5.41) is 0. The van der Waals surface area contributed by atoms with E-state index in [2.05, 4.69) is 18.2 Å². The second-order valence-corrected chi connectivity index (χ2v) is 5.00. The second kappa shape index (κ2) is 6.81. The van der Waals surface area contributed by atoms with Gasteiger partial charge in [-0.1, -0.05) is 60.7 Å². The summed E-state index contributed by atoms with van der Waals surface area (Å²) >= 11 is 0. The molecule has 0 aromatic heterocycles. The van der Waals surface area contributed by atoms with Crippen LogP contribution in [-0.2, 0) is 6.61 Å². The number of hydrogen-bond acceptors (Lipinski definition) is 2. The molecular weight excluding hydrogens is 272 g/mol. The van der Waals surface area contributed by atoms with Crippen LogP contribution < -0.4 is 9.47 Å². The van der Waals surface area contributed by atoms with E-state index in [0.717, 1.165) is 28.2 Å². The molecule has 0 saturated heterocycles. The van der Waals surface area contributed by atoms with E-state index < -0.39 is 0 Å². The summed E-state index contributed by atoms with van der Waals surface area (Å²) in [6.07, 6.45) is 0. The van der Waals surface area contributed by atoms with Gasteiger partial charge in [0.1, 0.15) is 18.1 Å². The molecule has 0 radical (unpaired) electrons. The van der Waals surface area contributed by atoms with E-state index in [-0.39, 0.29) is 0 Å². The number of para-hydroxylation sites is 1. The Labute approximate surface area is 131 Å². The van der Waals surface area contributed by atoms with Gasteiger partial charge in [0, 0.05) is 5.56 Å². The van der Waals surface area contributed by atoms with E-state index in [1.165, 1.54) is 0 Å². The largest absolute Gasteiger partial charge is 0.497 e. The molecule has 0 unspecified atom stereocenters. The van der Waals surface area contributed by atoms with Crippen molar-refractivity contribution in [2.45, 2.75) is 6.61 Å². The zero-order chi connectivity index (χ0) is 15.2. The van der Waals surface area contributed by atoms with Crippen LogP contribution in [0.4, 0.5) is 0 Å². The van der Waals surface area contributed by atoms with Gasteiger partial charge in [-0.05, 0) is 29.3 Å². The van der Waals surface area contributed by atoms with E-state index in [4.69, 9.17) is 9.47 Å². The molecule has 0 spiro atoms. The van der Waals surface area contributed by atoms with Gasteiger partial charge in [0.2, 0.25) is 0 Å². The topological polar surface area (TPSA) is 18.5 Å². The highest BCUT2D eigenvalue weighted by Gasteiger charge is 2.05. The van der Waals surface area contributed by atoms with Crippen molar-refractivity contribution >= 4 is 0 Å². The van der Waals surface area contributed by atoms with E-state index in [1.54, 1.807) is 7.11 Å². The van der Waals surface area contributed by atoms with Gasteiger partial charge in [-0.25, -0.2) is 0 Å². The standard InChI is InChI=1S/C20H18O2/c1-21-18-11-7-8-16(14-18)15-22-20-13-6-5-12-19(20)17-9-3-2-4-10-17/h2-14H,15H2,1H3. The Morgan fingerprint density at radius 3 is 2.36 bits per heavy atom. The van der Waals surface area contributed by atoms with Gasteiger partial charge in [-0.2, -0.15) is 0 Å². The van der Waals surface area contributed by atoms with E-state index >= 15 is 0 Å². The summed E-state index contributed by atoms with van der Waals surface area (Å²) < 4.78 is 11.3. The predicted octanol–water partition coefficient (Wildman–Crippen LogP) is 4.94. The highest BCUT2D eigenvalue weighted by atomic mass is 16.5. The number of rotatable bonds is 5. The van der Waals surface area contributed by atoms with Crippen LogP contribution in [0.1, 0.15) is 5.56 Å². The fourth-order valence-corrected chi connectivity index (χ4v) is 2.37. The quantitative estimate of drug-likeness (QED) is 0.662. The van der Waals surface area contributed by atoms with Crippen LogP contribution in [0, 0.1) is 0 Å². The highest BCUT2D eigenvalue weighted by molar-refractivity contribution is 5.70. The molecule has 0 amide bonds. The minimum Gasteiger partial charge on any atom is -0.497 e. The van der Waals surface area contributed by atoms with E-state index in [1.807, 2.05) is 60.7 Å². The highest BCUT2D eigenvalue weighted by Crippen LogP contribution is 2.30. The Morgan fingerprint density at radius 1 is 0.773 bits per heavy atom. The van der Waals surface area contributed by atoms with E-state index in [9.17, 15) is 0 Å². The molecule has 0 N–H and O–H groups in total. The Hall–Kier alpha value is -2.74. The van der Waals surface area contributed by atoms with E-state index in [0.29, 0.717) is 6.61 Å². The molecule has 0 fully saturated rings.